The lowest BCUT2D eigenvalue weighted by atomic mass is 10.2. The molecule has 1 aromatic carbocycles. The molecule has 1 amide bonds. The third-order valence-electron chi connectivity index (χ3n) is 4.97. The molecule has 9 nitrogen and oxygen atoms in total. The molecule has 0 radical (unpaired) electrons. The van der Waals surface area contributed by atoms with Crippen LogP contribution in [0.1, 0.15) is 25.7 Å². The number of thiophene rings is 1. The number of aromatic nitrogens is 2. The maximum Gasteiger partial charge on any atom is 0.437 e. The van der Waals surface area contributed by atoms with E-state index in [9.17, 15) is 18.0 Å². The molecule has 1 aliphatic heterocycles. The van der Waals surface area contributed by atoms with Gasteiger partial charge in [0, 0.05) is 18.8 Å². The lowest BCUT2D eigenvalue weighted by molar-refractivity contribution is -0.117. The van der Waals surface area contributed by atoms with Gasteiger partial charge in [-0.25, -0.2) is 13.2 Å². The van der Waals surface area contributed by atoms with E-state index in [0.717, 1.165) is 30.4 Å². The van der Waals surface area contributed by atoms with Gasteiger partial charge in [-0.1, -0.05) is 18.9 Å². The molecule has 0 atom stereocenters. The topological polar surface area (TPSA) is 115 Å². The summed E-state index contributed by atoms with van der Waals surface area (Å²) in [7, 11) is -3.55. The summed E-state index contributed by atoms with van der Waals surface area (Å²) in [6, 6.07) is 9.60. The molecule has 0 bridgehead atoms. The van der Waals surface area contributed by atoms with E-state index in [2.05, 4.69) is 10.4 Å². The molecule has 0 saturated carbocycles. The largest absolute Gasteiger partial charge is 0.437 e. The first-order valence-corrected chi connectivity index (χ1v) is 12.3. The molecule has 0 unspecified atom stereocenters. The SMILES string of the molecule is O=C(Cn1nc(-c2cccs2)oc1=O)Nc1ccc(S(=O)(=O)N2CCCCCC2)cc1. The Morgan fingerprint density at radius 1 is 1.10 bits per heavy atom. The third kappa shape index (κ3) is 4.94. The first-order chi connectivity index (χ1) is 14.9. The Morgan fingerprint density at radius 3 is 2.45 bits per heavy atom. The summed E-state index contributed by atoms with van der Waals surface area (Å²) in [5.41, 5.74) is 0.426. The van der Waals surface area contributed by atoms with Crippen LogP contribution in [0.25, 0.3) is 10.8 Å². The molecule has 4 rings (SSSR count). The highest BCUT2D eigenvalue weighted by Gasteiger charge is 2.25. The van der Waals surface area contributed by atoms with Crippen molar-refractivity contribution in [1.29, 1.82) is 0 Å². The minimum atomic E-state index is -3.55. The number of nitrogens with zero attached hydrogens (tertiary/aromatic N) is 3. The Balaban J connectivity index is 1.41. The summed E-state index contributed by atoms with van der Waals surface area (Å²) in [5, 5.41) is 8.52. The van der Waals surface area contributed by atoms with Gasteiger partial charge in [-0.05, 0) is 48.6 Å². The maximum absolute atomic E-state index is 12.8. The molecule has 31 heavy (non-hydrogen) atoms. The minimum Gasteiger partial charge on any atom is -0.387 e. The van der Waals surface area contributed by atoms with Crippen LogP contribution in [0.5, 0.6) is 0 Å². The summed E-state index contributed by atoms with van der Waals surface area (Å²) in [4.78, 5) is 25.1. The van der Waals surface area contributed by atoms with E-state index in [0.29, 0.717) is 23.7 Å². The summed E-state index contributed by atoms with van der Waals surface area (Å²) in [6.45, 7) is 0.739. The molecule has 11 heteroatoms. The van der Waals surface area contributed by atoms with Crippen molar-refractivity contribution in [2.75, 3.05) is 18.4 Å². The van der Waals surface area contributed by atoms with Crippen molar-refractivity contribution in [3.8, 4) is 10.8 Å². The summed E-state index contributed by atoms with van der Waals surface area (Å²) in [6.07, 6.45) is 3.81. The monoisotopic (exact) mass is 462 g/mol. The standard InChI is InChI=1S/C20H22N4O5S2/c25-18(14-24-20(26)29-19(22-24)17-6-5-13-30-17)21-15-7-9-16(10-8-15)31(27,28)23-11-3-1-2-4-12-23/h5-10,13H,1-4,11-12,14H2,(H,21,25). The second-order valence-electron chi connectivity index (χ2n) is 7.20. The van der Waals surface area contributed by atoms with E-state index < -0.39 is 21.7 Å². The number of anilines is 1. The predicted octanol–water partition coefficient (Wildman–Crippen LogP) is 2.77. The summed E-state index contributed by atoms with van der Waals surface area (Å²) >= 11 is 1.37. The van der Waals surface area contributed by atoms with Crippen molar-refractivity contribution in [3.05, 3.63) is 52.3 Å². The fourth-order valence-corrected chi connectivity index (χ4v) is 5.55. The van der Waals surface area contributed by atoms with Crippen molar-refractivity contribution >= 4 is 33.0 Å². The van der Waals surface area contributed by atoms with Crippen LogP contribution in [0.4, 0.5) is 5.69 Å². The average molecular weight is 463 g/mol. The molecule has 3 aromatic rings. The quantitative estimate of drug-likeness (QED) is 0.602. The normalized spacial score (nSPS) is 15.5. The highest BCUT2D eigenvalue weighted by Crippen LogP contribution is 2.22. The number of benzene rings is 1. The van der Waals surface area contributed by atoms with Gasteiger partial charge in [-0.15, -0.1) is 16.4 Å². The smallest absolute Gasteiger partial charge is 0.387 e. The molecule has 164 valence electrons. The van der Waals surface area contributed by atoms with Crippen LogP contribution >= 0.6 is 11.3 Å². The van der Waals surface area contributed by atoms with Gasteiger partial charge in [0.1, 0.15) is 6.54 Å². The second-order valence-corrected chi connectivity index (χ2v) is 10.1. The minimum absolute atomic E-state index is 0.163. The van der Waals surface area contributed by atoms with Crippen LogP contribution in [-0.4, -0.2) is 41.5 Å². The zero-order valence-corrected chi connectivity index (χ0v) is 18.3. The van der Waals surface area contributed by atoms with Gasteiger partial charge >= 0.3 is 5.76 Å². The molecular weight excluding hydrogens is 440 g/mol. The van der Waals surface area contributed by atoms with E-state index >= 15 is 0 Å². The zero-order valence-electron chi connectivity index (χ0n) is 16.7. The van der Waals surface area contributed by atoms with Gasteiger partial charge in [0.15, 0.2) is 0 Å². The molecule has 3 heterocycles. The van der Waals surface area contributed by atoms with E-state index in [1.807, 2.05) is 11.4 Å². The lowest BCUT2D eigenvalue weighted by Gasteiger charge is -2.20. The highest BCUT2D eigenvalue weighted by molar-refractivity contribution is 7.89. The fourth-order valence-electron chi connectivity index (χ4n) is 3.38. The molecule has 1 N–H and O–H groups in total. The number of sulfonamides is 1. The Hall–Kier alpha value is -2.76. The van der Waals surface area contributed by atoms with Gasteiger partial charge < -0.3 is 9.73 Å². The number of nitrogens with one attached hydrogen (secondary N) is 1. The summed E-state index contributed by atoms with van der Waals surface area (Å²) < 4.78 is 33.2. The zero-order chi connectivity index (χ0) is 21.8. The Bertz CT molecular complexity index is 1190. The van der Waals surface area contributed by atoms with Crippen molar-refractivity contribution in [2.45, 2.75) is 37.1 Å². The number of amides is 1. The van der Waals surface area contributed by atoms with E-state index in [1.165, 1.54) is 39.9 Å². The maximum atomic E-state index is 12.8. The molecule has 2 aromatic heterocycles. The van der Waals surface area contributed by atoms with Gasteiger partial charge in [0.05, 0.1) is 9.77 Å². The third-order valence-corrected chi connectivity index (χ3v) is 7.74. The van der Waals surface area contributed by atoms with E-state index in [4.69, 9.17) is 4.42 Å². The highest BCUT2D eigenvalue weighted by atomic mass is 32.2. The molecular formula is C20H22N4O5S2. The lowest BCUT2D eigenvalue weighted by Crippen LogP contribution is -2.31. The number of hydrogen-bond acceptors (Lipinski definition) is 7. The number of carbonyl (C=O) groups excluding carboxylic acids is 1. The van der Waals surface area contributed by atoms with Gasteiger partial charge in [-0.3, -0.25) is 4.79 Å². The molecule has 1 fully saturated rings. The van der Waals surface area contributed by atoms with E-state index in [-0.39, 0.29) is 17.3 Å². The number of rotatable bonds is 6. The van der Waals surface area contributed by atoms with Crippen LogP contribution in [0.3, 0.4) is 0 Å². The van der Waals surface area contributed by atoms with Gasteiger partial charge in [-0.2, -0.15) is 8.99 Å². The van der Waals surface area contributed by atoms with Crippen LogP contribution in [0.15, 0.2) is 55.9 Å². The first-order valence-electron chi connectivity index (χ1n) is 9.95. The fraction of sp³-hybridized carbons (Fsp3) is 0.350. The van der Waals surface area contributed by atoms with Crippen molar-refractivity contribution < 1.29 is 17.6 Å². The van der Waals surface area contributed by atoms with Crippen LogP contribution < -0.4 is 11.1 Å². The second kappa shape index (κ2) is 9.16. The van der Waals surface area contributed by atoms with Crippen molar-refractivity contribution in [2.24, 2.45) is 0 Å². The first kappa shape index (κ1) is 21.5. The Morgan fingerprint density at radius 2 is 1.81 bits per heavy atom. The van der Waals surface area contributed by atoms with Gasteiger partial charge in [0.2, 0.25) is 15.9 Å². The van der Waals surface area contributed by atoms with Crippen molar-refractivity contribution in [1.82, 2.24) is 14.1 Å². The predicted molar refractivity (Wildman–Crippen MR) is 116 cm³/mol. The molecule has 0 spiro atoms. The van der Waals surface area contributed by atoms with E-state index in [1.54, 1.807) is 6.07 Å². The van der Waals surface area contributed by atoms with Crippen molar-refractivity contribution in [3.63, 3.8) is 0 Å². The van der Waals surface area contributed by atoms with Crippen LogP contribution in [-0.2, 0) is 21.4 Å². The summed E-state index contributed by atoms with van der Waals surface area (Å²) in [5.74, 6) is -1.04. The number of hydrogen-bond donors (Lipinski definition) is 1. The Kier molecular flexibility index (Phi) is 6.35. The van der Waals surface area contributed by atoms with Gasteiger partial charge in [0.25, 0.3) is 5.89 Å². The van der Waals surface area contributed by atoms with Crippen LogP contribution in [0, 0.1) is 0 Å². The average Bonchev–Trinajstić information content (AvgIpc) is 3.30. The molecule has 1 aliphatic rings. The van der Waals surface area contributed by atoms with Crippen LogP contribution in [0.2, 0.25) is 0 Å². The Labute approximate surface area is 183 Å². The molecule has 1 saturated heterocycles. The molecule has 0 aliphatic carbocycles. The number of carbonyl (C=O) groups is 1.